The first-order chi connectivity index (χ1) is 13.2. The molecule has 1 N–H and O–H groups in total. The van der Waals surface area contributed by atoms with Crippen LogP contribution in [0, 0.1) is 0 Å². The highest BCUT2D eigenvalue weighted by atomic mass is 16.5. The van der Waals surface area contributed by atoms with Gasteiger partial charge in [-0.3, -0.25) is 4.79 Å². The number of carbonyl (C=O) groups is 1. The smallest absolute Gasteiger partial charge is 0.282 e. The molecule has 5 heteroatoms. The zero-order chi connectivity index (χ0) is 18.8. The Bertz CT molecular complexity index is 815. The Balaban J connectivity index is 1.38. The molecule has 0 aromatic heterocycles. The van der Waals surface area contributed by atoms with Crippen molar-refractivity contribution in [3.63, 3.8) is 0 Å². The van der Waals surface area contributed by atoms with Gasteiger partial charge in [0.05, 0.1) is 39.0 Å². The van der Waals surface area contributed by atoms with Crippen LogP contribution in [0.25, 0.3) is 0 Å². The maximum absolute atomic E-state index is 13.0. The van der Waals surface area contributed by atoms with Crippen LogP contribution in [0.2, 0.25) is 0 Å². The standard InChI is InChI=1S/C22H27N3O2/c1-17-15-18-7-3-4-8-19(18)25(17)22(26)16-23-11-13-24(14-12-23)20-9-5-6-10-21(20)27-2/h3-10,17H,11-16H2,1-2H3/p+1/t17-/m1/s1. The molecule has 2 aliphatic rings. The Labute approximate surface area is 161 Å². The summed E-state index contributed by atoms with van der Waals surface area (Å²) in [5.74, 6) is 1.16. The Morgan fingerprint density at radius 3 is 2.48 bits per heavy atom. The van der Waals surface area contributed by atoms with Crippen LogP contribution in [-0.4, -0.2) is 51.8 Å². The highest BCUT2D eigenvalue weighted by Gasteiger charge is 2.33. The summed E-state index contributed by atoms with van der Waals surface area (Å²) in [6, 6.07) is 16.7. The molecule has 2 aliphatic heterocycles. The van der Waals surface area contributed by atoms with Gasteiger partial charge in [0.15, 0.2) is 6.54 Å². The monoisotopic (exact) mass is 366 g/mol. The van der Waals surface area contributed by atoms with E-state index in [0.29, 0.717) is 6.54 Å². The number of hydrogen-bond donors (Lipinski definition) is 1. The van der Waals surface area contributed by atoms with E-state index < -0.39 is 0 Å². The van der Waals surface area contributed by atoms with E-state index in [1.165, 1.54) is 10.5 Å². The average Bonchev–Trinajstić information content (AvgIpc) is 3.04. The second kappa shape index (κ2) is 7.61. The molecule has 27 heavy (non-hydrogen) atoms. The van der Waals surface area contributed by atoms with Gasteiger partial charge < -0.3 is 19.4 Å². The molecule has 1 fully saturated rings. The van der Waals surface area contributed by atoms with Crippen LogP contribution in [0.3, 0.4) is 0 Å². The van der Waals surface area contributed by atoms with Gasteiger partial charge in [-0.2, -0.15) is 0 Å². The summed E-state index contributed by atoms with van der Waals surface area (Å²) in [4.78, 5) is 18.7. The number of anilines is 2. The number of methoxy groups -OCH3 is 1. The summed E-state index contributed by atoms with van der Waals surface area (Å²) < 4.78 is 5.49. The number of amides is 1. The molecule has 0 unspecified atom stereocenters. The van der Waals surface area contributed by atoms with Crippen molar-refractivity contribution in [2.75, 3.05) is 49.6 Å². The molecule has 0 aliphatic carbocycles. The number of carbonyl (C=O) groups excluding carboxylic acids is 1. The lowest BCUT2D eigenvalue weighted by Crippen LogP contribution is -3.16. The fraction of sp³-hybridized carbons (Fsp3) is 0.409. The molecule has 0 saturated carbocycles. The van der Waals surface area contributed by atoms with E-state index in [1.807, 2.05) is 29.2 Å². The minimum atomic E-state index is 0.244. The zero-order valence-corrected chi connectivity index (χ0v) is 16.1. The van der Waals surface area contributed by atoms with Crippen LogP contribution in [0.1, 0.15) is 12.5 Å². The lowest BCUT2D eigenvalue weighted by atomic mass is 10.1. The van der Waals surface area contributed by atoms with Gasteiger partial charge in [0.1, 0.15) is 5.75 Å². The molecule has 0 bridgehead atoms. The zero-order valence-electron chi connectivity index (χ0n) is 16.1. The number of quaternary nitrogens is 1. The number of piperazine rings is 1. The van der Waals surface area contributed by atoms with Gasteiger partial charge in [-0.25, -0.2) is 0 Å². The molecule has 0 radical (unpaired) electrons. The first kappa shape index (κ1) is 17.9. The third kappa shape index (κ3) is 3.52. The first-order valence-corrected chi connectivity index (χ1v) is 9.79. The minimum absolute atomic E-state index is 0.244. The quantitative estimate of drug-likeness (QED) is 0.888. The predicted molar refractivity (Wildman–Crippen MR) is 108 cm³/mol. The van der Waals surface area contributed by atoms with Crippen LogP contribution in [0.4, 0.5) is 11.4 Å². The van der Waals surface area contributed by atoms with Gasteiger partial charge in [0, 0.05) is 11.7 Å². The molecule has 2 heterocycles. The second-order valence-electron chi connectivity index (χ2n) is 7.53. The molecule has 0 spiro atoms. The summed E-state index contributed by atoms with van der Waals surface area (Å²) in [5, 5.41) is 0. The van der Waals surface area contributed by atoms with Crippen molar-refractivity contribution in [1.29, 1.82) is 0 Å². The lowest BCUT2D eigenvalue weighted by molar-refractivity contribution is -0.892. The predicted octanol–water partition coefficient (Wildman–Crippen LogP) is 1.38. The first-order valence-electron chi connectivity index (χ1n) is 9.79. The number of para-hydroxylation sites is 3. The molecular formula is C22H28N3O2+. The van der Waals surface area contributed by atoms with E-state index in [9.17, 15) is 4.79 Å². The van der Waals surface area contributed by atoms with Crippen molar-refractivity contribution >= 4 is 17.3 Å². The largest absolute Gasteiger partial charge is 0.495 e. The summed E-state index contributed by atoms with van der Waals surface area (Å²) in [5.41, 5.74) is 3.53. The molecule has 1 saturated heterocycles. The number of benzene rings is 2. The molecule has 4 rings (SSSR count). The van der Waals surface area contributed by atoms with Crippen LogP contribution < -0.4 is 19.4 Å². The fourth-order valence-corrected chi connectivity index (χ4v) is 4.38. The van der Waals surface area contributed by atoms with Gasteiger partial charge in [0.2, 0.25) is 0 Å². The van der Waals surface area contributed by atoms with Gasteiger partial charge in [-0.15, -0.1) is 0 Å². The minimum Gasteiger partial charge on any atom is -0.495 e. The second-order valence-corrected chi connectivity index (χ2v) is 7.53. The average molecular weight is 366 g/mol. The van der Waals surface area contributed by atoms with Crippen LogP contribution >= 0.6 is 0 Å². The molecule has 2 aromatic carbocycles. The van der Waals surface area contributed by atoms with E-state index in [1.54, 1.807) is 7.11 Å². The van der Waals surface area contributed by atoms with Crippen molar-refractivity contribution in [3.05, 3.63) is 54.1 Å². The molecular weight excluding hydrogens is 338 g/mol. The van der Waals surface area contributed by atoms with Crippen molar-refractivity contribution in [3.8, 4) is 5.75 Å². The van der Waals surface area contributed by atoms with E-state index >= 15 is 0 Å². The normalized spacial score (nSPS) is 19.9. The number of ether oxygens (including phenoxy) is 1. The number of fused-ring (bicyclic) bond motifs is 1. The molecule has 2 aromatic rings. The highest BCUT2D eigenvalue weighted by molar-refractivity contribution is 5.96. The van der Waals surface area contributed by atoms with Crippen molar-refractivity contribution in [2.24, 2.45) is 0 Å². The van der Waals surface area contributed by atoms with Gasteiger partial charge in [-0.1, -0.05) is 30.3 Å². The molecule has 1 atom stereocenters. The third-order valence-corrected chi connectivity index (χ3v) is 5.77. The van der Waals surface area contributed by atoms with E-state index in [0.717, 1.165) is 49.7 Å². The Morgan fingerprint density at radius 2 is 1.74 bits per heavy atom. The fourth-order valence-electron chi connectivity index (χ4n) is 4.38. The number of rotatable bonds is 4. The topological polar surface area (TPSA) is 37.2 Å². The van der Waals surface area contributed by atoms with Crippen LogP contribution in [0.15, 0.2) is 48.5 Å². The van der Waals surface area contributed by atoms with Gasteiger partial charge in [-0.05, 0) is 37.1 Å². The maximum atomic E-state index is 13.0. The Morgan fingerprint density at radius 1 is 1.07 bits per heavy atom. The van der Waals surface area contributed by atoms with E-state index in [2.05, 4.69) is 36.1 Å². The van der Waals surface area contributed by atoms with E-state index in [-0.39, 0.29) is 11.9 Å². The Kier molecular flexibility index (Phi) is 5.03. The van der Waals surface area contributed by atoms with E-state index in [4.69, 9.17) is 4.74 Å². The number of nitrogens with one attached hydrogen (secondary N) is 1. The van der Waals surface area contributed by atoms with Gasteiger partial charge >= 0.3 is 0 Å². The Hall–Kier alpha value is -2.53. The molecule has 142 valence electrons. The van der Waals surface area contributed by atoms with Crippen molar-refractivity contribution in [1.82, 2.24) is 0 Å². The third-order valence-electron chi connectivity index (χ3n) is 5.77. The summed E-state index contributed by atoms with van der Waals surface area (Å²) >= 11 is 0. The lowest BCUT2D eigenvalue weighted by Gasteiger charge is -2.35. The summed E-state index contributed by atoms with van der Waals surface area (Å²) in [6.45, 7) is 6.52. The van der Waals surface area contributed by atoms with Crippen molar-refractivity contribution < 1.29 is 14.4 Å². The maximum Gasteiger partial charge on any atom is 0.282 e. The van der Waals surface area contributed by atoms with Crippen LogP contribution in [0.5, 0.6) is 5.75 Å². The number of nitrogens with zero attached hydrogens (tertiary/aromatic N) is 2. The SMILES string of the molecule is COc1ccccc1N1CC[NH+](CC(=O)N2c3ccccc3C[C@H]2C)CC1. The number of hydrogen-bond acceptors (Lipinski definition) is 3. The summed E-state index contributed by atoms with van der Waals surface area (Å²) in [6.07, 6.45) is 0.957. The van der Waals surface area contributed by atoms with Crippen molar-refractivity contribution in [2.45, 2.75) is 19.4 Å². The summed E-state index contributed by atoms with van der Waals surface area (Å²) in [7, 11) is 1.72. The van der Waals surface area contributed by atoms with Gasteiger partial charge in [0.25, 0.3) is 5.91 Å². The van der Waals surface area contributed by atoms with Crippen LogP contribution in [-0.2, 0) is 11.2 Å². The molecule has 5 nitrogen and oxygen atoms in total. The molecule has 1 amide bonds. The highest BCUT2D eigenvalue weighted by Crippen LogP contribution is 2.31.